The highest BCUT2D eigenvalue weighted by Gasteiger charge is 2.26. The number of pyridine rings is 1. The van der Waals surface area contributed by atoms with E-state index in [2.05, 4.69) is 27.8 Å². The molecule has 0 aliphatic carbocycles. The quantitative estimate of drug-likeness (QED) is 0.901. The van der Waals surface area contributed by atoms with Crippen molar-refractivity contribution < 1.29 is 4.79 Å². The van der Waals surface area contributed by atoms with Crippen molar-refractivity contribution in [3.63, 3.8) is 0 Å². The van der Waals surface area contributed by atoms with Gasteiger partial charge in [-0.25, -0.2) is 0 Å². The van der Waals surface area contributed by atoms with Crippen LogP contribution >= 0.6 is 0 Å². The zero-order valence-corrected chi connectivity index (χ0v) is 11.8. The lowest BCUT2D eigenvalue weighted by atomic mass is 9.97. The van der Waals surface area contributed by atoms with Gasteiger partial charge in [0.05, 0.1) is 12.1 Å². The van der Waals surface area contributed by atoms with E-state index in [1.54, 1.807) is 12.4 Å². The fourth-order valence-corrected chi connectivity index (χ4v) is 2.72. The number of carbonyl (C=O) groups excluding carboxylic acids is 1. The van der Waals surface area contributed by atoms with Gasteiger partial charge in [0.25, 0.3) is 0 Å². The maximum absolute atomic E-state index is 12.0. The lowest BCUT2D eigenvalue weighted by molar-refractivity contribution is -0.124. The smallest absolute Gasteiger partial charge is 0.237 e. The van der Waals surface area contributed by atoms with Gasteiger partial charge in [0.15, 0.2) is 0 Å². The van der Waals surface area contributed by atoms with Crippen LogP contribution in [0.1, 0.15) is 30.0 Å². The molecule has 2 heterocycles. The van der Waals surface area contributed by atoms with Crippen molar-refractivity contribution in [2.24, 2.45) is 0 Å². The number of nitrogens with zero attached hydrogens (tertiary/aromatic N) is 1. The normalized spacial score (nSPS) is 19.8. The molecule has 1 aromatic heterocycles. The summed E-state index contributed by atoms with van der Waals surface area (Å²) >= 11 is 0. The van der Waals surface area contributed by atoms with Gasteiger partial charge in [-0.05, 0) is 36.1 Å². The maximum atomic E-state index is 12.0. The van der Waals surface area contributed by atoms with Crippen molar-refractivity contribution in [3.8, 4) is 0 Å². The molecule has 2 atom stereocenters. The summed E-state index contributed by atoms with van der Waals surface area (Å²) in [6, 6.07) is 14.0. The Morgan fingerprint density at radius 1 is 1.10 bits per heavy atom. The van der Waals surface area contributed by atoms with Crippen LogP contribution in [-0.2, 0) is 4.79 Å². The Morgan fingerprint density at radius 2 is 1.81 bits per heavy atom. The Hall–Kier alpha value is -2.20. The molecule has 1 amide bonds. The summed E-state index contributed by atoms with van der Waals surface area (Å²) in [6.45, 7) is 0.780. The SMILES string of the molecule is O=C1NCCCC1NC(c1ccccc1)c1ccncc1. The van der Waals surface area contributed by atoms with Crippen LogP contribution in [0.2, 0.25) is 0 Å². The van der Waals surface area contributed by atoms with Crippen LogP contribution in [0, 0.1) is 0 Å². The fourth-order valence-electron chi connectivity index (χ4n) is 2.72. The summed E-state index contributed by atoms with van der Waals surface area (Å²) < 4.78 is 0. The Balaban J connectivity index is 1.88. The third-order valence-electron chi connectivity index (χ3n) is 3.83. The van der Waals surface area contributed by atoms with E-state index < -0.39 is 0 Å². The van der Waals surface area contributed by atoms with Crippen LogP contribution in [0.25, 0.3) is 0 Å². The van der Waals surface area contributed by atoms with Gasteiger partial charge >= 0.3 is 0 Å². The summed E-state index contributed by atoms with van der Waals surface area (Å²) in [6.07, 6.45) is 5.46. The van der Waals surface area contributed by atoms with Crippen LogP contribution in [0.15, 0.2) is 54.9 Å². The molecule has 2 aromatic rings. The summed E-state index contributed by atoms with van der Waals surface area (Å²) in [5.74, 6) is 0.0937. The van der Waals surface area contributed by atoms with Gasteiger partial charge in [0.1, 0.15) is 0 Å². The first-order chi connectivity index (χ1) is 10.3. The van der Waals surface area contributed by atoms with E-state index in [0.717, 1.165) is 30.5 Å². The van der Waals surface area contributed by atoms with E-state index in [4.69, 9.17) is 0 Å². The van der Waals surface area contributed by atoms with Crippen LogP contribution in [0.3, 0.4) is 0 Å². The molecule has 1 aliphatic heterocycles. The van der Waals surface area contributed by atoms with Gasteiger partial charge < -0.3 is 5.32 Å². The molecule has 1 saturated heterocycles. The van der Waals surface area contributed by atoms with Crippen molar-refractivity contribution in [3.05, 3.63) is 66.0 Å². The van der Waals surface area contributed by atoms with E-state index in [9.17, 15) is 4.79 Å². The summed E-state index contributed by atoms with van der Waals surface area (Å²) in [4.78, 5) is 16.1. The predicted octanol–water partition coefficient (Wildman–Crippen LogP) is 2.04. The van der Waals surface area contributed by atoms with Crippen molar-refractivity contribution in [2.45, 2.75) is 24.9 Å². The van der Waals surface area contributed by atoms with E-state index in [-0.39, 0.29) is 18.0 Å². The molecule has 0 saturated carbocycles. The van der Waals surface area contributed by atoms with Gasteiger partial charge in [0, 0.05) is 18.9 Å². The summed E-state index contributed by atoms with van der Waals surface area (Å²) in [5, 5.41) is 6.43. The first-order valence-electron chi connectivity index (χ1n) is 7.33. The second-order valence-corrected chi connectivity index (χ2v) is 5.28. The Bertz CT molecular complexity index is 546. The standard InChI is InChI=1S/C17H19N3O/c21-17-15(7-4-10-19-17)20-16(13-5-2-1-3-6-13)14-8-11-18-12-9-14/h1-3,5-6,8-9,11-12,15-16,20H,4,7,10H2,(H,19,21). The van der Waals surface area contributed by atoms with E-state index >= 15 is 0 Å². The third-order valence-corrected chi connectivity index (χ3v) is 3.83. The van der Waals surface area contributed by atoms with Crippen LogP contribution in [0.4, 0.5) is 0 Å². The number of rotatable bonds is 4. The number of hydrogen-bond acceptors (Lipinski definition) is 3. The van der Waals surface area contributed by atoms with E-state index in [1.165, 1.54) is 0 Å². The van der Waals surface area contributed by atoms with Gasteiger partial charge in [-0.2, -0.15) is 0 Å². The monoisotopic (exact) mass is 281 g/mol. The highest BCUT2D eigenvalue weighted by Crippen LogP contribution is 2.23. The number of carbonyl (C=O) groups is 1. The largest absolute Gasteiger partial charge is 0.355 e. The minimum atomic E-state index is -0.142. The molecule has 1 aliphatic rings. The number of amides is 1. The Kier molecular flexibility index (Phi) is 4.26. The van der Waals surface area contributed by atoms with Crippen molar-refractivity contribution in [2.75, 3.05) is 6.54 Å². The molecule has 4 heteroatoms. The van der Waals surface area contributed by atoms with Gasteiger partial charge in [-0.15, -0.1) is 0 Å². The molecule has 21 heavy (non-hydrogen) atoms. The molecule has 4 nitrogen and oxygen atoms in total. The average molecular weight is 281 g/mol. The molecule has 1 fully saturated rings. The third kappa shape index (κ3) is 3.28. The molecule has 0 radical (unpaired) electrons. The van der Waals surface area contributed by atoms with Crippen LogP contribution in [0.5, 0.6) is 0 Å². The number of benzene rings is 1. The minimum absolute atomic E-state index is 0.00282. The fraction of sp³-hybridized carbons (Fsp3) is 0.294. The molecule has 3 rings (SSSR count). The molecular formula is C17H19N3O. The van der Waals surface area contributed by atoms with Gasteiger partial charge in [0.2, 0.25) is 5.91 Å². The topological polar surface area (TPSA) is 54.0 Å². The zero-order chi connectivity index (χ0) is 14.5. The van der Waals surface area contributed by atoms with Crippen molar-refractivity contribution in [1.82, 2.24) is 15.6 Å². The van der Waals surface area contributed by atoms with Gasteiger partial charge in [-0.1, -0.05) is 30.3 Å². The lowest BCUT2D eigenvalue weighted by Crippen LogP contribution is -2.49. The zero-order valence-electron chi connectivity index (χ0n) is 11.8. The second kappa shape index (κ2) is 6.50. The summed E-state index contributed by atoms with van der Waals surface area (Å²) in [7, 11) is 0. The first-order valence-corrected chi connectivity index (χ1v) is 7.33. The number of nitrogens with one attached hydrogen (secondary N) is 2. The predicted molar refractivity (Wildman–Crippen MR) is 81.7 cm³/mol. The molecule has 2 unspecified atom stereocenters. The Morgan fingerprint density at radius 3 is 2.52 bits per heavy atom. The molecule has 0 bridgehead atoms. The van der Waals surface area contributed by atoms with Crippen LogP contribution < -0.4 is 10.6 Å². The molecule has 2 N–H and O–H groups in total. The summed E-state index contributed by atoms with van der Waals surface area (Å²) in [5.41, 5.74) is 2.27. The van der Waals surface area contributed by atoms with E-state index in [1.807, 2.05) is 30.3 Å². The molecule has 108 valence electrons. The molecule has 0 spiro atoms. The number of hydrogen-bond donors (Lipinski definition) is 2. The first kappa shape index (κ1) is 13.8. The maximum Gasteiger partial charge on any atom is 0.237 e. The number of piperidine rings is 1. The minimum Gasteiger partial charge on any atom is -0.355 e. The Labute approximate surface area is 124 Å². The lowest BCUT2D eigenvalue weighted by Gasteiger charge is -2.28. The highest BCUT2D eigenvalue weighted by atomic mass is 16.2. The van der Waals surface area contributed by atoms with Crippen molar-refractivity contribution >= 4 is 5.91 Å². The number of aromatic nitrogens is 1. The molecule has 1 aromatic carbocycles. The van der Waals surface area contributed by atoms with E-state index in [0.29, 0.717) is 0 Å². The van der Waals surface area contributed by atoms with Crippen molar-refractivity contribution in [1.29, 1.82) is 0 Å². The molecular weight excluding hydrogens is 262 g/mol. The average Bonchev–Trinajstić information content (AvgIpc) is 2.56. The second-order valence-electron chi connectivity index (χ2n) is 5.28. The van der Waals surface area contributed by atoms with Crippen LogP contribution in [-0.4, -0.2) is 23.5 Å². The van der Waals surface area contributed by atoms with Gasteiger partial charge in [-0.3, -0.25) is 15.1 Å². The highest BCUT2D eigenvalue weighted by molar-refractivity contribution is 5.82.